The Kier molecular flexibility index (Phi) is 5.70. The molecule has 0 N–H and O–H groups in total. The number of nitrogens with zero attached hydrogens (tertiary/aromatic N) is 2. The van der Waals surface area contributed by atoms with Crippen molar-refractivity contribution in [2.24, 2.45) is 0 Å². The molecule has 0 spiro atoms. The van der Waals surface area contributed by atoms with Gasteiger partial charge in [0, 0.05) is 38.4 Å². The normalized spacial score (nSPS) is 12.0. The van der Waals surface area contributed by atoms with E-state index in [-0.39, 0.29) is 0 Å². The average Bonchev–Trinajstić information content (AvgIpc) is 3.66. The third-order valence-electron chi connectivity index (χ3n) is 10.7. The number of para-hydroxylation sites is 3. The highest BCUT2D eigenvalue weighted by atomic mass is 15.0. The molecule has 1 aliphatic heterocycles. The van der Waals surface area contributed by atoms with Crippen LogP contribution in [0.1, 0.15) is 0 Å². The van der Waals surface area contributed by atoms with Gasteiger partial charge in [-0.1, -0.05) is 127 Å². The second kappa shape index (κ2) is 10.4. The molecule has 0 fully saturated rings. The summed E-state index contributed by atoms with van der Waals surface area (Å²) >= 11 is 0. The van der Waals surface area contributed by atoms with Crippen LogP contribution in [-0.2, 0) is 0 Å². The van der Waals surface area contributed by atoms with Crippen LogP contribution in [-0.4, -0.2) is 9.13 Å². The largest absolute Gasteiger partial charge is 0.309 e. The molecule has 0 radical (unpaired) electrons. The van der Waals surface area contributed by atoms with Gasteiger partial charge in [-0.05, 0) is 88.0 Å². The van der Waals surface area contributed by atoms with Crippen LogP contribution in [0.25, 0.3) is 99.5 Å². The van der Waals surface area contributed by atoms with Gasteiger partial charge < -0.3 is 9.13 Å². The summed E-state index contributed by atoms with van der Waals surface area (Å²) in [4.78, 5) is 0. The maximum Gasteiger partial charge on any atom is 0.0619 e. The van der Waals surface area contributed by atoms with E-state index in [9.17, 15) is 0 Å². The molecule has 2 aromatic heterocycles. The van der Waals surface area contributed by atoms with Crippen molar-refractivity contribution in [2.75, 3.05) is 0 Å². The smallest absolute Gasteiger partial charge is 0.0619 e. The highest BCUT2D eigenvalue weighted by Gasteiger charge is 2.25. The van der Waals surface area contributed by atoms with E-state index in [2.05, 4.69) is 191 Å². The van der Waals surface area contributed by atoms with E-state index in [1.807, 2.05) is 0 Å². The molecule has 0 amide bonds. The van der Waals surface area contributed by atoms with Gasteiger partial charge in [0.15, 0.2) is 0 Å². The van der Waals surface area contributed by atoms with E-state index in [4.69, 9.17) is 0 Å². The van der Waals surface area contributed by atoms with Crippen molar-refractivity contribution < 1.29 is 0 Å². The minimum Gasteiger partial charge on any atom is -0.309 e. The molecule has 0 saturated heterocycles. The van der Waals surface area contributed by atoms with Gasteiger partial charge in [-0.25, -0.2) is 0 Å². The van der Waals surface area contributed by atoms with E-state index in [0.29, 0.717) is 0 Å². The summed E-state index contributed by atoms with van der Waals surface area (Å²) in [6.07, 6.45) is 0. The summed E-state index contributed by atoms with van der Waals surface area (Å²) in [5.74, 6) is 0. The van der Waals surface area contributed by atoms with Crippen molar-refractivity contribution in [1.82, 2.24) is 9.13 Å². The quantitative estimate of drug-likeness (QED) is 0.183. The van der Waals surface area contributed by atoms with Crippen LogP contribution in [0.2, 0.25) is 0 Å². The van der Waals surface area contributed by atoms with Gasteiger partial charge in [-0.3, -0.25) is 0 Å². The topological polar surface area (TPSA) is 9.86 Å². The van der Waals surface area contributed by atoms with E-state index in [0.717, 1.165) is 0 Å². The third-order valence-corrected chi connectivity index (χ3v) is 10.7. The van der Waals surface area contributed by atoms with Gasteiger partial charge in [-0.15, -0.1) is 0 Å². The lowest BCUT2D eigenvalue weighted by molar-refractivity contribution is 1.18. The molecule has 2 heteroatoms. The van der Waals surface area contributed by atoms with E-state index < -0.39 is 0 Å². The molecule has 0 unspecified atom stereocenters. The molecule has 11 rings (SSSR count). The van der Waals surface area contributed by atoms with Crippen molar-refractivity contribution >= 4 is 43.6 Å². The number of benzene rings is 8. The Bertz CT molecular complexity index is 2960. The second-order valence-corrected chi connectivity index (χ2v) is 13.3. The lowest BCUT2D eigenvalue weighted by atomic mass is 9.91. The SMILES string of the molecule is c1ccc(-c2ccc3c(c2)-c2ccccc2-c2cccc4c5cc(-c6ccc7c(c6)c6ccccc6n7-c6ccccc6)ccc5n-3c24)cc1. The Labute approximate surface area is 289 Å². The zero-order valence-corrected chi connectivity index (χ0v) is 27.2. The van der Waals surface area contributed by atoms with Gasteiger partial charge in [0.2, 0.25) is 0 Å². The molecule has 0 atom stereocenters. The molecule has 3 heterocycles. The zero-order chi connectivity index (χ0) is 32.8. The van der Waals surface area contributed by atoms with Crippen LogP contribution in [0.15, 0.2) is 182 Å². The Morgan fingerprint density at radius 1 is 0.280 bits per heavy atom. The maximum absolute atomic E-state index is 2.50. The standard InChI is InChI=1S/C48H30N2/c1-3-12-31(13-4-1)32-22-26-46-41(28-32)37-17-8-7-16-36(37)39-19-11-20-40-43-30-34(24-27-47(43)50(46)48(39)40)33-23-25-45-42(29-33)38-18-9-10-21-44(38)49(45)35-14-5-2-6-15-35/h1-30H. The predicted molar refractivity (Wildman–Crippen MR) is 210 cm³/mol. The molecular formula is C48H30N2. The highest BCUT2D eigenvalue weighted by molar-refractivity contribution is 6.17. The number of aromatic nitrogens is 2. The fourth-order valence-corrected chi connectivity index (χ4v) is 8.43. The summed E-state index contributed by atoms with van der Waals surface area (Å²) in [6, 6.07) is 66.8. The van der Waals surface area contributed by atoms with Crippen molar-refractivity contribution in [2.45, 2.75) is 0 Å². The minimum absolute atomic E-state index is 1.18. The first-order valence-corrected chi connectivity index (χ1v) is 17.3. The Balaban J connectivity index is 1.15. The van der Waals surface area contributed by atoms with E-state index >= 15 is 0 Å². The fourth-order valence-electron chi connectivity index (χ4n) is 8.43. The molecule has 0 saturated carbocycles. The summed E-state index contributed by atoms with van der Waals surface area (Å²) in [5.41, 5.74) is 17.3. The molecule has 2 nitrogen and oxygen atoms in total. The van der Waals surface area contributed by atoms with Crippen LogP contribution >= 0.6 is 0 Å². The molecule has 10 aromatic rings. The monoisotopic (exact) mass is 634 g/mol. The first-order valence-electron chi connectivity index (χ1n) is 17.3. The molecule has 50 heavy (non-hydrogen) atoms. The van der Waals surface area contributed by atoms with Crippen molar-refractivity contribution in [3.8, 4) is 55.9 Å². The van der Waals surface area contributed by atoms with Crippen molar-refractivity contribution in [3.05, 3.63) is 182 Å². The Morgan fingerprint density at radius 3 is 1.60 bits per heavy atom. The molecular weight excluding hydrogens is 605 g/mol. The van der Waals surface area contributed by atoms with Crippen molar-refractivity contribution in [3.63, 3.8) is 0 Å². The molecule has 0 bridgehead atoms. The lowest BCUT2D eigenvalue weighted by Crippen LogP contribution is -1.96. The van der Waals surface area contributed by atoms with Crippen LogP contribution in [0.3, 0.4) is 0 Å². The molecule has 8 aromatic carbocycles. The number of hydrogen-bond donors (Lipinski definition) is 0. The average molecular weight is 635 g/mol. The van der Waals surface area contributed by atoms with E-state index in [1.54, 1.807) is 0 Å². The number of rotatable bonds is 3. The molecule has 232 valence electrons. The first kappa shape index (κ1) is 27.3. The number of fused-ring (bicyclic) bond motifs is 11. The Morgan fingerprint density at radius 2 is 0.820 bits per heavy atom. The van der Waals surface area contributed by atoms with Crippen molar-refractivity contribution in [1.29, 1.82) is 0 Å². The molecule has 0 aliphatic carbocycles. The van der Waals surface area contributed by atoms with Gasteiger partial charge in [0.05, 0.1) is 27.8 Å². The third kappa shape index (κ3) is 3.85. The van der Waals surface area contributed by atoms with Crippen LogP contribution in [0.4, 0.5) is 0 Å². The summed E-state index contributed by atoms with van der Waals surface area (Å²) in [7, 11) is 0. The summed E-state index contributed by atoms with van der Waals surface area (Å²) < 4.78 is 4.88. The van der Waals surface area contributed by atoms with Crippen LogP contribution in [0, 0.1) is 0 Å². The lowest BCUT2D eigenvalue weighted by Gasteiger charge is -2.15. The zero-order valence-electron chi connectivity index (χ0n) is 27.2. The summed E-state index contributed by atoms with van der Waals surface area (Å²) in [5, 5.41) is 5.07. The van der Waals surface area contributed by atoms with Crippen LogP contribution < -0.4 is 0 Å². The van der Waals surface area contributed by atoms with Crippen LogP contribution in [0.5, 0.6) is 0 Å². The van der Waals surface area contributed by atoms with Gasteiger partial charge in [-0.2, -0.15) is 0 Å². The first-order chi connectivity index (χ1) is 24.8. The number of hydrogen-bond acceptors (Lipinski definition) is 0. The maximum atomic E-state index is 2.50. The second-order valence-electron chi connectivity index (χ2n) is 13.3. The highest BCUT2D eigenvalue weighted by Crippen LogP contribution is 2.48. The van der Waals surface area contributed by atoms with Gasteiger partial charge >= 0.3 is 0 Å². The van der Waals surface area contributed by atoms with E-state index in [1.165, 1.54) is 99.5 Å². The molecule has 1 aliphatic rings. The fraction of sp³-hybridized carbons (Fsp3) is 0. The van der Waals surface area contributed by atoms with Gasteiger partial charge in [0.1, 0.15) is 0 Å². The Hall–Kier alpha value is -6.64. The predicted octanol–water partition coefficient (Wildman–Crippen LogP) is 12.9. The minimum atomic E-state index is 1.18. The van der Waals surface area contributed by atoms with Gasteiger partial charge in [0.25, 0.3) is 0 Å². The summed E-state index contributed by atoms with van der Waals surface area (Å²) in [6.45, 7) is 0.